The number of fused-ring (bicyclic) bond motifs is 5. The van der Waals surface area contributed by atoms with Crippen molar-refractivity contribution in [1.82, 2.24) is 14.9 Å². The predicted octanol–water partition coefficient (Wildman–Crippen LogP) is 5.83. The monoisotopic (exact) mass is 516 g/mol. The van der Waals surface area contributed by atoms with Crippen LogP contribution in [0.3, 0.4) is 0 Å². The zero-order valence-electron chi connectivity index (χ0n) is 21.9. The number of hydrogen-bond acceptors (Lipinski definition) is 5. The number of methoxy groups -OCH3 is 1. The van der Waals surface area contributed by atoms with Crippen molar-refractivity contribution in [3.63, 3.8) is 0 Å². The van der Waals surface area contributed by atoms with Gasteiger partial charge in [-0.1, -0.05) is 24.3 Å². The Morgan fingerprint density at radius 1 is 1.16 bits per heavy atom. The largest absolute Gasteiger partial charge is 0.494 e. The van der Waals surface area contributed by atoms with Crippen LogP contribution in [-0.2, 0) is 17.6 Å². The molecule has 0 aliphatic carbocycles. The van der Waals surface area contributed by atoms with Gasteiger partial charge in [-0.25, -0.2) is 14.2 Å². The lowest BCUT2D eigenvalue weighted by molar-refractivity contribution is 0.0967. The van der Waals surface area contributed by atoms with Gasteiger partial charge >= 0.3 is 6.09 Å². The van der Waals surface area contributed by atoms with Gasteiger partial charge in [-0.3, -0.25) is 0 Å². The van der Waals surface area contributed by atoms with Crippen molar-refractivity contribution in [1.29, 1.82) is 0 Å². The molecule has 1 saturated heterocycles. The van der Waals surface area contributed by atoms with Crippen molar-refractivity contribution < 1.29 is 18.7 Å². The molecule has 2 aromatic carbocycles. The maximum atomic E-state index is 14.6. The number of nitrogens with zero attached hydrogens (tertiary/aromatic N) is 3. The summed E-state index contributed by atoms with van der Waals surface area (Å²) in [6, 6.07) is 13.8. The zero-order chi connectivity index (χ0) is 26.2. The van der Waals surface area contributed by atoms with Gasteiger partial charge in [0.15, 0.2) is 11.6 Å². The lowest BCUT2D eigenvalue weighted by Crippen LogP contribution is -2.48. The number of ether oxygens (including phenoxy) is 2. The molecule has 8 heteroatoms. The Bertz CT molecular complexity index is 1490. The number of aromatic amines is 1. The third kappa shape index (κ3) is 4.31. The second kappa shape index (κ2) is 10.2. The van der Waals surface area contributed by atoms with E-state index in [0.717, 1.165) is 60.3 Å². The van der Waals surface area contributed by atoms with Crippen LogP contribution >= 0.6 is 0 Å². The molecule has 2 aliphatic rings. The molecule has 1 amide bonds. The SMILES string of the molecule is CCOC(=O)N1CCC(N2CCCc3c2nc(Cc2ccc(OC)c(F)c2)c2[nH]c4ccccc4c32)CC1. The number of piperidine rings is 1. The average Bonchev–Trinajstić information content (AvgIpc) is 3.34. The smallest absolute Gasteiger partial charge is 0.409 e. The highest BCUT2D eigenvalue weighted by atomic mass is 19.1. The van der Waals surface area contributed by atoms with E-state index in [0.29, 0.717) is 32.2 Å². The summed E-state index contributed by atoms with van der Waals surface area (Å²) in [5.41, 5.74) is 5.15. The van der Waals surface area contributed by atoms with Crippen molar-refractivity contribution in [2.45, 2.75) is 45.1 Å². The van der Waals surface area contributed by atoms with E-state index < -0.39 is 0 Å². The summed E-state index contributed by atoms with van der Waals surface area (Å²) in [5.74, 6) is 0.904. The number of halogens is 1. The summed E-state index contributed by atoms with van der Waals surface area (Å²) in [7, 11) is 1.48. The number of pyridine rings is 1. The third-order valence-electron chi connectivity index (χ3n) is 7.92. The van der Waals surface area contributed by atoms with Gasteiger partial charge in [0.1, 0.15) is 5.82 Å². The molecule has 6 rings (SSSR count). The predicted molar refractivity (Wildman–Crippen MR) is 147 cm³/mol. The Balaban J connectivity index is 1.41. The van der Waals surface area contributed by atoms with Crippen molar-refractivity contribution in [3.8, 4) is 5.75 Å². The summed E-state index contributed by atoms with van der Waals surface area (Å²) < 4.78 is 24.9. The summed E-state index contributed by atoms with van der Waals surface area (Å²) in [6.45, 7) is 4.54. The molecule has 0 bridgehead atoms. The Hall–Kier alpha value is -3.81. The topological polar surface area (TPSA) is 70.7 Å². The Kier molecular flexibility index (Phi) is 6.55. The van der Waals surface area contributed by atoms with E-state index in [-0.39, 0.29) is 17.7 Å². The van der Waals surface area contributed by atoms with Gasteiger partial charge in [0.05, 0.1) is 24.9 Å². The van der Waals surface area contributed by atoms with E-state index in [1.54, 1.807) is 6.07 Å². The molecule has 0 saturated carbocycles. The van der Waals surface area contributed by atoms with E-state index in [4.69, 9.17) is 14.5 Å². The molecule has 0 unspecified atom stereocenters. The highest BCUT2D eigenvalue weighted by Crippen LogP contribution is 2.40. The lowest BCUT2D eigenvalue weighted by atomic mass is 9.94. The van der Waals surface area contributed by atoms with Gasteiger partial charge < -0.3 is 24.3 Å². The number of likely N-dealkylation sites (tertiary alicyclic amines) is 1. The van der Waals surface area contributed by atoms with Crippen LogP contribution in [0.2, 0.25) is 0 Å². The fourth-order valence-corrected chi connectivity index (χ4v) is 6.11. The van der Waals surface area contributed by atoms with Gasteiger partial charge in [0.2, 0.25) is 0 Å². The molecule has 0 atom stereocenters. The number of H-pyrrole nitrogens is 1. The molecule has 1 N–H and O–H groups in total. The van der Waals surface area contributed by atoms with E-state index in [9.17, 15) is 9.18 Å². The zero-order valence-corrected chi connectivity index (χ0v) is 21.9. The van der Waals surface area contributed by atoms with Crippen molar-refractivity contribution in [3.05, 3.63) is 65.1 Å². The number of nitrogens with one attached hydrogen (secondary N) is 1. The summed E-state index contributed by atoms with van der Waals surface area (Å²) in [4.78, 5) is 25.4. The number of benzene rings is 2. The Morgan fingerprint density at radius 3 is 2.74 bits per heavy atom. The number of rotatable bonds is 5. The molecule has 4 aromatic rings. The average molecular weight is 517 g/mol. The minimum atomic E-state index is -0.370. The summed E-state index contributed by atoms with van der Waals surface area (Å²) >= 11 is 0. The van der Waals surface area contributed by atoms with Crippen LogP contribution in [0.4, 0.5) is 15.0 Å². The number of hydrogen-bond donors (Lipinski definition) is 1. The molecule has 0 radical (unpaired) electrons. The normalized spacial score (nSPS) is 16.2. The highest BCUT2D eigenvalue weighted by molar-refractivity contribution is 6.11. The second-order valence-corrected chi connectivity index (χ2v) is 10.1. The lowest BCUT2D eigenvalue weighted by Gasteiger charge is -2.41. The first kappa shape index (κ1) is 24.5. The van der Waals surface area contributed by atoms with Crippen LogP contribution in [0.1, 0.15) is 43.0 Å². The number of carbonyl (C=O) groups is 1. The number of aromatic nitrogens is 2. The minimum absolute atomic E-state index is 0.224. The molecule has 0 spiro atoms. The molecular formula is C30H33FN4O3. The standard InChI is InChI=1S/C30H33FN4O3/c1-3-38-30(36)34-15-12-20(13-16-34)35-14-6-8-22-27-21-7-4-5-9-24(21)32-28(27)25(33-29(22)35)18-19-10-11-26(37-2)23(31)17-19/h4-5,7,9-11,17,20,32H,3,6,8,12-16,18H2,1-2H3. The van der Waals surface area contributed by atoms with Crippen LogP contribution in [0.15, 0.2) is 42.5 Å². The fraction of sp³-hybridized carbons (Fsp3) is 0.400. The molecule has 7 nitrogen and oxygen atoms in total. The van der Waals surface area contributed by atoms with Crippen LogP contribution in [0.5, 0.6) is 5.75 Å². The van der Waals surface area contributed by atoms with E-state index >= 15 is 0 Å². The number of anilines is 1. The van der Waals surface area contributed by atoms with Gasteiger partial charge in [-0.05, 0) is 56.4 Å². The molecule has 2 aliphatic heterocycles. The third-order valence-corrected chi connectivity index (χ3v) is 7.92. The van der Waals surface area contributed by atoms with Crippen molar-refractivity contribution in [2.75, 3.05) is 38.3 Å². The van der Waals surface area contributed by atoms with E-state index in [2.05, 4.69) is 28.1 Å². The van der Waals surface area contributed by atoms with Gasteiger partial charge in [0.25, 0.3) is 0 Å². The first-order chi connectivity index (χ1) is 18.6. The van der Waals surface area contributed by atoms with Crippen LogP contribution in [0.25, 0.3) is 21.8 Å². The molecular weight excluding hydrogens is 483 g/mol. The maximum absolute atomic E-state index is 14.6. The number of amides is 1. The maximum Gasteiger partial charge on any atom is 0.409 e. The molecule has 198 valence electrons. The van der Waals surface area contributed by atoms with E-state index in [1.165, 1.54) is 29.5 Å². The second-order valence-electron chi connectivity index (χ2n) is 10.1. The van der Waals surface area contributed by atoms with Crippen LogP contribution in [-0.4, -0.2) is 60.4 Å². The van der Waals surface area contributed by atoms with Gasteiger partial charge in [-0.2, -0.15) is 0 Å². The first-order valence-electron chi connectivity index (χ1n) is 13.5. The van der Waals surface area contributed by atoms with Crippen molar-refractivity contribution >= 4 is 33.7 Å². The molecule has 4 heterocycles. The molecule has 1 fully saturated rings. The highest BCUT2D eigenvalue weighted by Gasteiger charge is 2.32. The van der Waals surface area contributed by atoms with Crippen molar-refractivity contribution in [2.24, 2.45) is 0 Å². The molecule has 2 aromatic heterocycles. The minimum Gasteiger partial charge on any atom is -0.494 e. The summed E-state index contributed by atoms with van der Waals surface area (Å²) in [5, 5.41) is 2.42. The van der Waals surface area contributed by atoms with Crippen LogP contribution < -0.4 is 9.64 Å². The molecule has 38 heavy (non-hydrogen) atoms. The van der Waals surface area contributed by atoms with Gasteiger partial charge in [-0.15, -0.1) is 0 Å². The number of para-hydroxylation sites is 1. The Labute approximate surface area is 221 Å². The summed E-state index contributed by atoms with van der Waals surface area (Å²) in [6.07, 6.45) is 4.07. The fourth-order valence-electron chi connectivity index (χ4n) is 6.11. The Morgan fingerprint density at radius 2 is 1.97 bits per heavy atom. The quantitative estimate of drug-likeness (QED) is 0.362. The first-order valence-corrected chi connectivity index (χ1v) is 13.5. The number of aryl methyl sites for hydroxylation is 1. The van der Waals surface area contributed by atoms with E-state index in [1.807, 2.05) is 24.0 Å². The van der Waals surface area contributed by atoms with Crippen LogP contribution in [0, 0.1) is 5.82 Å². The number of carbonyl (C=O) groups excluding carboxylic acids is 1. The van der Waals surface area contributed by atoms with Gasteiger partial charge in [0, 0.05) is 53.9 Å².